The lowest BCUT2D eigenvalue weighted by Crippen LogP contribution is -2.25. The van der Waals surface area contributed by atoms with E-state index in [0.717, 1.165) is 11.4 Å². The summed E-state index contributed by atoms with van der Waals surface area (Å²) >= 11 is 5.55. The van der Waals surface area contributed by atoms with Crippen LogP contribution >= 0.6 is 11.6 Å². The molecule has 1 rings (SSSR count). The van der Waals surface area contributed by atoms with Crippen molar-refractivity contribution in [2.75, 3.05) is 24.9 Å². The first-order chi connectivity index (χ1) is 7.69. The van der Waals surface area contributed by atoms with Gasteiger partial charge in [-0.1, -0.05) is 0 Å². The fourth-order valence-electron chi connectivity index (χ4n) is 1.34. The minimum absolute atomic E-state index is 0.0748. The lowest BCUT2D eigenvalue weighted by molar-refractivity contribution is -0.118. The van der Waals surface area contributed by atoms with Crippen molar-refractivity contribution in [3.63, 3.8) is 0 Å². The number of hydrogen-bond acceptors (Lipinski definition) is 2. The number of anilines is 1. The lowest BCUT2D eigenvalue weighted by Gasteiger charge is -2.17. The number of amides is 1. The molecule has 0 heterocycles. The van der Waals surface area contributed by atoms with E-state index in [0.29, 0.717) is 18.7 Å². The molecule has 88 valence electrons. The molecule has 3 nitrogen and oxygen atoms in total. The molecule has 0 atom stereocenters. The molecule has 0 fully saturated rings. The number of alkyl halides is 1. The molecule has 4 heteroatoms. The monoisotopic (exact) mass is 241 g/mol. The Bertz CT molecular complexity index is 337. The third-order valence-electron chi connectivity index (χ3n) is 2.36. The summed E-state index contributed by atoms with van der Waals surface area (Å²) in [6.07, 6.45) is 1.19. The minimum Gasteiger partial charge on any atom is -0.497 e. The summed E-state index contributed by atoms with van der Waals surface area (Å²) in [4.78, 5) is 13.3. The van der Waals surface area contributed by atoms with Gasteiger partial charge in [-0.3, -0.25) is 4.79 Å². The molecule has 0 aromatic heterocycles. The molecule has 1 aromatic rings. The molecule has 0 saturated carbocycles. The van der Waals surface area contributed by atoms with E-state index in [4.69, 9.17) is 16.3 Å². The topological polar surface area (TPSA) is 29.5 Å². The Kier molecular flexibility index (Phi) is 5.12. The van der Waals surface area contributed by atoms with Crippen LogP contribution in [0.1, 0.15) is 12.8 Å². The highest BCUT2D eigenvalue weighted by atomic mass is 35.5. The van der Waals surface area contributed by atoms with E-state index in [1.165, 1.54) is 0 Å². The fraction of sp³-hybridized carbons (Fsp3) is 0.417. The predicted molar refractivity (Wildman–Crippen MR) is 66.4 cm³/mol. The maximum absolute atomic E-state index is 11.7. The van der Waals surface area contributed by atoms with Gasteiger partial charge in [0.25, 0.3) is 0 Å². The maximum atomic E-state index is 11.7. The van der Waals surface area contributed by atoms with Crippen molar-refractivity contribution in [2.45, 2.75) is 12.8 Å². The molecular weight excluding hydrogens is 226 g/mol. The van der Waals surface area contributed by atoms with Crippen LogP contribution in [0.5, 0.6) is 5.75 Å². The molecule has 0 radical (unpaired) electrons. The van der Waals surface area contributed by atoms with Crippen molar-refractivity contribution in [3.05, 3.63) is 24.3 Å². The van der Waals surface area contributed by atoms with Crippen LogP contribution in [0.3, 0.4) is 0 Å². The van der Waals surface area contributed by atoms with Gasteiger partial charge in [-0.25, -0.2) is 0 Å². The lowest BCUT2D eigenvalue weighted by atomic mass is 10.2. The van der Waals surface area contributed by atoms with E-state index in [1.807, 2.05) is 24.3 Å². The molecule has 0 unspecified atom stereocenters. The number of hydrogen-bond donors (Lipinski definition) is 0. The van der Waals surface area contributed by atoms with Crippen LogP contribution in [0.4, 0.5) is 5.69 Å². The summed E-state index contributed by atoms with van der Waals surface area (Å²) < 4.78 is 5.05. The number of halogens is 1. The number of rotatable bonds is 5. The van der Waals surface area contributed by atoms with Crippen molar-refractivity contribution in [1.29, 1.82) is 0 Å². The van der Waals surface area contributed by atoms with Crippen LogP contribution in [0.2, 0.25) is 0 Å². The van der Waals surface area contributed by atoms with Gasteiger partial charge in [-0.2, -0.15) is 0 Å². The molecule has 0 spiro atoms. The third kappa shape index (κ3) is 3.42. The zero-order valence-corrected chi connectivity index (χ0v) is 10.3. The highest BCUT2D eigenvalue weighted by Crippen LogP contribution is 2.18. The van der Waals surface area contributed by atoms with Crippen LogP contribution in [-0.2, 0) is 4.79 Å². The largest absolute Gasteiger partial charge is 0.497 e. The summed E-state index contributed by atoms with van der Waals surface area (Å²) in [5.41, 5.74) is 0.861. The molecule has 0 aliphatic heterocycles. The Hall–Kier alpha value is -1.22. The SMILES string of the molecule is COc1ccc(N(C)C(=O)CCCCl)cc1. The average molecular weight is 242 g/mol. The quantitative estimate of drug-likeness (QED) is 0.742. The van der Waals surface area contributed by atoms with E-state index in [9.17, 15) is 4.79 Å². The van der Waals surface area contributed by atoms with Gasteiger partial charge in [-0.05, 0) is 30.7 Å². The van der Waals surface area contributed by atoms with Crippen LogP contribution < -0.4 is 9.64 Å². The summed E-state index contributed by atoms with van der Waals surface area (Å²) in [6, 6.07) is 7.39. The molecule has 16 heavy (non-hydrogen) atoms. The molecule has 1 amide bonds. The smallest absolute Gasteiger partial charge is 0.226 e. The first-order valence-corrected chi connectivity index (χ1v) is 5.69. The molecule has 0 bridgehead atoms. The molecule has 0 saturated heterocycles. The van der Waals surface area contributed by atoms with Gasteiger partial charge >= 0.3 is 0 Å². The van der Waals surface area contributed by atoms with Crippen molar-refractivity contribution in [1.82, 2.24) is 0 Å². The van der Waals surface area contributed by atoms with E-state index < -0.39 is 0 Å². The van der Waals surface area contributed by atoms with Gasteiger partial charge in [0, 0.05) is 25.0 Å². The van der Waals surface area contributed by atoms with Crippen LogP contribution in [0.15, 0.2) is 24.3 Å². The first-order valence-electron chi connectivity index (χ1n) is 5.15. The summed E-state index contributed by atoms with van der Waals surface area (Å²) in [6.45, 7) is 0. The van der Waals surface area contributed by atoms with Crippen molar-refractivity contribution >= 4 is 23.2 Å². The summed E-state index contributed by atoms with van der Waals surface area (Å²) in [5.74, 6) is 1.37. The molecule has 0 N–H and O–H groups in total. The van der Waals surface area contributed by atoms with Gasteiger partial charge in [0.05, 0.1) is 7.11 Å². The van der Waals surface area contributed by atoms with Crippen molar-refractivity contribution < 1.29 is 9.53 Å². The first kappa shape index (κ1) is 12.8. The number of carbonyl (C=O) groups is 1. The van der Waals surface area contributed by atoms with E-state index >= 15 is 0 Å². The van der Waals surface area contributed by atoms with Crippen LogP contribution in [-0.4, -0.2) is 25.9 Å². The number of nitrogens with zero attached hydrogens (tertiary/aromatic N) is 1. The molecular formula is C12H16ClNO2. The van der Waals surface area contributed by atoms with Crippen molar-refractivity contribution in [3.8, 4) is 5.75 Å². The molecule has 0 aliphatic carbocycles. The second-order valence-electron chi connectivity index (χ2n) is 3.44. The standard InChI is InChI=1S/C12H16ClNO2/c1-14(12(15)4-3-9-13)10-5-7-11(16-2)8-6-10/h5-8H,3-4,9H2,1-2H3. The number of methoxy groups -OCH3 is 1. The Morgan fingerprint density at radius 2 is 2.00 bits per heavy atom. The zero-order valence-electron chi connectivity index (χ0n) is 9.57. The highest BCUT2D eigenvalue weighted by Gasteiger charge is 2.09. The van der Waals surface area contributed by atoms with Gasteiger partial charge in [0.1, 0.15) is 5.75 Å². The zero-order chi connectivity index (χ0) is 12.0. The Morgan fingerprint density at radius 1 is 1.38 bits per heavy atom. The number of carbonyl (C=O) groups excluding carboxylic acids is 1. The average Bonchev–Trinajstić information content (AvgIpc) is 2.35. The van der Waals surface area contributed by atoms with Crippen LogP contribution in [0.25, 0.3) is 0 Å². The Morgan fingerprint density at radius 3 is 2.50 bits per heavy atom. The van der Waals surface area contributed by atoms with Gasteiger partial charge in [0.2, 0.25) is 5.91 Å². The normalized spacial score (nSPS) is 9.94. The Balaban J connectivity index is 2.64. The fourth-order valence-corrected chi connectivity index (χ4v) is 1.47. The molecule has 1 aromatic carbocycles. The second-order valence-corrected chi connectivity index (χ2v) is 3.82. The van der Waals surface area contributed by atoms with Crippen LogP contribution in [0, 0.1) is 0 Å². The number of ether oxygens (including phenoxy) is 1. The van der Waals surface area contributed by atoms with Gasteiger partial charge in [-0.15, -0.1) is 11.6 Å². The van der Waals surface area contributed by atoms with Crippen molar-refractivity contribution in [2.24, 2.45) is 0 Å². The van der Waals surface area contributed by atoms with Gasteiger partial charge in [0.15, 0.2) is 0 Å². The van der Waals surface area contributed by atoms with E-state index in [1.54, 1.807) is 19.1 Å². The van der Waals surface area contributed by atoms with E-state index in [-0.39, 0.29) is 5.91 Å². The molecule has 0 aliphatic rings. The number of benzene rings is 1. The summed E-state index contributed by atoms with van der Waals surface area (Å²) in [5, 5.41) is 0. The predicted octanol–water partition coefficient (Wildman–Crippen LogP) is 2.68. The van der Waals surface area contributed by atoms with Gasteiger partial charge < -0.3 is 9.64 Å². The maximum Gasteiger partial charge on any atom is 0.226 e. The second kappa shape index (κ2) is 6.38. The highest BCUT2D eigenvalue weighted by molar-refractivity contribution is 6.18. The Labute approximate surface area is 101 Å². The summed E-state index contributed by atoms with van der Waals surface area (Å²) in [7, 11) is 3.38. The van der Waals surface area contributed by atoms with E-state index in [2.05, 4.69) is 0 Å². The minimum atomic E-state index is 0.0748. The third-order valence-corrected chi connectivity index (χ3v) is 2.63.